The van der Waals surface area contributed by atoms with Crippen molar-refractivity contribution in [2.24, 2.45) is 0 Å². The fourth-order valence-electron chi connectivity index (χ4n) is 3.03. The molecule has 0 spiro atoms. The second kappa shape index (κ2) is 6.63. The highest BCUT2D eigenvalue weighted by Gasteiger charge is 2.37. The Morgan fingerprint density at radius 3 is 2.30 bits per heavy atom. The molecule has 2 aromatic rings. The average molecular weight is 357 g/mol. The van der Waals surface area contributed by atoms with E-state index in [9.17, 15) is 8.78 Å². The third kappa shape index (κ3) is 3.16. The second-order valence-electron chi connectivity index (χ2n) is 5.61. The third-order valence-corrected chi connectivity index (χ3v) is 4.71. The summed E-state index contributed by atoms with van der Waals surface area (Å²) < 4.78 is 28.6. The molecule has 0 saturated carbocycles. The van der Waals surface area contributed by atoms with E-state index in [1.165, 1.54) is 18.2 Å². The van der Waals surface area contributed by atoms with Crippen LogP contribution in [0.5, 0.6) is 0 Å². The highest BCUT2D eigenvalue weighted by Crippen LogP contribution is 2.38. The van der Waals surface area contributed by atoms with Crippen LogP contribution in [0.2, 0.25) is 5.02 Å². The van der Waals surface area contributed by atoms with E-state index in [0.29, 0.717) is 11.6 Å². The number of para-hydroxylation sites is 1. The minimum atomic E-state index is -0.622. The van der Waals surface area contributed by atoms with Crippen molar-refractivity contribution in [2.45, 2.75) is 24.5 Å². The lowest BCUT2D eigenvalue weighted by molar-refractivity contribution is 0.368. The minimum Gasteiger partial charge on any atom is -0.341 e. The van der Waals surface area contributed by atoms with Crippen LogP contribution in [0.15, 0.2) is 42.5 Å². The fourth-order valence-corrected chi connectivity index (χ4v) is 3.47. The van der Waals surface area contributed by atoms with E-state index in [-0.39, 0.29) is 17.8 Å². The van der Waals surface area contributed by atoms with E-state index in [4.69, 9.17) is 23.2 Å². The first-order valence-electron chi connectivity index (χ1n) is 7.34. The van der Waals surface area contributed by atoms with Crippen molar-refractivity contribution < 1.29 is 8.78 Å². The largest absolute Gasteiger partial charge is 0.341 e. The van der Waals surface area contributed by atoms with Crippen molar-refractivity contribution in [3.8, 4) is 0 Å². The van der Waals surface area contributed by atoms with Crippen LogP contribution in [0, 0.1) is 11.6 Å². The number of hydrogen-bond donors (Lipinski definition) is 1. The molecule has 2 nitrogen and oxygen atoms in total. The Labute approximate surface area is 144 Å². The van der Waals surface area contributed by atoms with Gasteiger partial charge in [0.1, 0.15) is 22.8 Å². The first kappa shape index (κ1) is 16.5. The summed E-state index contributed by atoms with van der Waals surface area (Å²) in [6.45, 7) is 2.40. The van der Waals surface area contributed by atoms with E-state index in [1.807, 2.05) is 19.1 Å². The average Bonchev–Trinajstić information content (AvgIpc) is 2.52. The Bertz CT molecular complexity index is 673. The van der Waals surface area contributed by atoms with Crippen molar-refractivity contribution in [1.82, 2.24) is 5.32 Å². The third-order valence-electron chi connectivity index (χ3n) is 4.09. The molecule has 6 heteroatoms. The summed E-state index contributed by atoms with van der Waals surface area (Å²) in [6, 6.07) is 10.7. The van der Waals surface area contributed by atoms with E-state index in [2.05, 4.69) is 5.32 Å². The van der Waals surface area contributed by atoms with Crippen molar-refractivity contribution >= 4 is 28.9 Å². The number of nitrogens with one attached hydrogen (secondary N) is 1. The van der Waals surface area contributed by atoms with Gasteiger partial charge >= 0.3 is 0 Å². The fraction of sp³-hybridized carbons (Fsp3) is 0.294. The molecule has 23 heavy (non-hydrogen) atoms. The molecule has 0 aromatic heterocycles. The van der Waals surface area contributed by atoms with E-state index < -0.39 is 17.1 Å². The summed E-state index contributed by atoms with van der Waals surface area (Å²) in [5.74, 6) is -1.24. The van der Waals surface area contributed by atoms with Crippen LogP contribution in [0.3, 0.4) is 0 Å². The zero-order valence-electron chi connectivity index (χ0n) is 12.4. The molecule has 1 heterocycles. The van der Waals surface area contributed by atoms with E-state index >= 15 is 0 Å². The quantitative estimate of drug-likeness (QED) is 0.618. The van der Waals surface area contributed by atoms with Crippen LogP contribution in [0.25, 0.3) is 0 Å². The highest BCUT2D eigenvalue weighted by molar-refractivity contribution is 6.30. The van der Waals surface area contributed by atoms with Gasteiger partial charge in [-0.05, 0) is 36.8 Å². The number of anilines is 1. The molecular weight excluding hydrogens is 341 g/mol. The molecule has 0 bridgehead atoms. The zero-order chi connectivity index (χ0) is 16.6. The van der Waals surface area contributed by atoms with Gasteiger partial charge in [0.2, 0.25) is 0 Å². The van der Waals surface area contributed by atoms with Gasteiger partial charge in [-0.1, -0.05) is 41.4 Å². The number of nitrogens with zero attached hydrogens (tertiary/aromatic N) is 1. The van der Waals surface area contributed by atoms with Gasteiger partial charge in [-0.15, -0.1) is 0 Å². The summed E-state index contributed by atoms with van der Waals surface area (Å²) >= 11 is 12.4. The predicted octanol–water partition coefficient (Wildman–Crippen LogP) is 4.72. The number of benzene rings is 2. The zero-order valence-corrected chi connectivity index (χ0v) is 14.0. The van der Waals surface area contributed by atoms with Crippen molar-refractivity contribution in [3.05, 3.63) is 64.7 Å². The monoisotopic (exact) mass is 356 g/mol. The van der Waals surface area contributed by atoms with Crippen molar-refractivity contribution in [3.63, 3.8) is 0 Å². The molecule has 3 atom stereocenters. The van der Waals surface area contributed by atoms with Gasteiger partial charge in [0.15, 0.2) is 0 Å². The summed E-state index contributed by atoms with van der Waals surface area (Å²) in [7, 11) is 0. The smallest absolute Gasteiger partial charge is 0.149 e. The normalized spacial score (nSPS) is 24.7. The van der Waals surface area contributed by atoms with Crippen LogP contribution in [0.1, 0.15) is 18.5 Å². The minimum absolute atomic E-state index is 0.0369. The first-order chi connectivity index (χ1) is 11.0. The van der Waals surface area contributed by atoms with Gasteiger partial charge in [0.05, 0.1) is 6.04 Å². The predicted molar refractivity (Wildman–Crippen MR) is 90.1 cm³/mol. The molecule has 1 aliphatic rings. The molecule has 2 aromatic carbocycles. The van der Waals surface area contributed by atoms with Gasteiger partial charge in [-0.3, -0.25) is 0 Å². The van der Waals surface area contributed by atoms with Gasteiger partial charge in [0, 0.05) is 17.6 Å². The van der Waals surface area contributed by atoms with Gasteiger partial charge in [-0.2, -0.15) is 0 Å². The Hall–Kier alpha value is -1.36. The number of halogens is 4. The molecule has 1 N–H and O–H groups in total. The maximum Gasteiger partial charge on any atom is 0.149 e. The van der Waals surface area contributed by atoms with Crippen LogP contribution >= 0.6 is 23.2 Å². The highest BCUT2D eigenvalue weighted by atomic mass is 35.5. The lowest BCUT2D eigenvalue weighted by atomic mass is 9.95. The Kier molecular flexibility index (Phi) is 4.76. The standard InChI is InChI=1S/C17H16Cl2F2N2/c1-10-16(11-5-7-12(18)8-6-11)23(15(19)9-22-10)17-13(20)3-2-4-14(17)21/h2-8,10,15-16,22H,9H2,1H3. The van der Waals surface area contributed by atoms with E-state index in [0.717, 1.165) is 5.56 Å². The number of hydrogen-bond acceptors (Lipinski definition) is 2. The second-order valence-corrected chi connectivity index (χ2v) is 6.55. The maximum absolute atomic E-state index is 14.3. The Morgan fingerprint density at radius 1 is 1.09 bits per heavy atom. The van der Waals surface area contributed by atoms with Crippen molar-refractivity contribution in [2.75, 3.05) is 11.4 Å². The van der Waals surface area contributed by atoms with Crippen LogP contribution in [-0.2, 0) is 0 Å². The first-order valence-corrected chi connectivity index (χ1v) is 8.15. The van der Waals surface area contributed by atoms with Gasteiger partial charge < -0.3 is 10.2 Å². The molecule has 3 unspecified atom stereocenters. The Balaban J connectivity index is 2.11. The molecule has 122 valence electrons. The molecule has 1 fully saturated rings. The topological polar surface area (TPSA) is 15.3 Å². The summed E-state index contributed by atoms with van der Waals surface area (Å²) in [6.07, 6.45) is 0. The summed E-state index contributed by atoms with van der Waals surface area (Å²) in [5.41, 5.74) is 0.224. The molecule has 0 amide bonds. The molecule has 1 saturated heterocycles. The van der Waals surface area contributed by atoms with Crippen molar-refractivity contribution in [1.29, 1.82) is 0 Å². The van der Waals surface area contributed by atoms with Gasteiger partial charge in [-0.25, -0.2) is 8.78 Å². The molecule has 1 aliphatic heterocycles. The number of alkyl halides is 1. The van der Waals surface area contributed by atoms with Crippen LogP contribution in [-0.4, -0.2) is 18.1 Å². The SMILES string of the molecule is CC1NCC(Cl)N(c2c(F)cccc2F)C1c1ccc(Cl)cc1. The van der Waals surface area contributed by atoms with Crippen LogP contribution in [0.4, 0.5) is 14.5 Å². The van der Waals surface area contributed by atoms with Crippen LogP contribution < -0.4 is 10.2 Å². The lowest BCUT2D eigenvalue weighted by Crippen LogP contribution is -2.56. The molecule has 0 radical (unpaired) electrons. The summed E-state index contributed by atoms with van der Waals surface area (Å²) in [4.78, 5) is 1.61. The Morgan fingerprint density at radius 2 is 1.70 bits per heavy atom. The number of piperazine rings is 1. The maximum atomic E-state index is 14.3. The summed E-state index contributed by atoms with van der Waals surface area (Å²) in [5, 5.41) is 3.89. The molecular formula is C17H16Cl2F2N2. The van der Waals surface area contributed by atoms with Gasteiger partial charge in [0.25, 0.3) is 0 Å². The molecule has 0 aliphatic carbocycles. The molecule has 3 rings (SSSR count). The lowest BCUT2D eigenvalue weighted by Gasteiger charge is -2.45. The number of rotatable bonds is 2. The van der Waals surface area contributed by atoms with E-state index in [1.54, 1.807) is 17.0 Å².